The first-order valence-electron chi connectivity index (χ1n) is 9.73. The quantitative estimate of drug-likeness (QED) is 0.476. The number of hydrogen-bond donors (Lipinski definition) is 1. The van der Waals surface area contributed by atoms with E-state index in [1.165, 1.54) is 25.6 Å². The molecule has 3 heterocycles. The van der Waals surface area contributed by atoms with Gasteiger partial charge in [-0.2, -0.15) is 0 Å². The van der Waals surface area contributed by atoms with Gasteiger partial charge in [0.2, 0.25) is 0 Å². The molecule has 0 radical (unpaired) electrons. The Hall–Kier alpha value is -2.27. The van der Waals surface area contributed by atoms with E-state index in [1.54, 1.807) is 12.1 Å². The third-order valence-corrected chi connectivity index (χ3v) is 6.61. The Kier molecular flexibility index (Phi) is 5.79. The summed E-state index contributed by atoms with van der Waals surface area (Å²) < 4.78 is 51.3. The van der Waals surface area contributed by atoms with Crippen LogP contribution in [0.4, 0.5) is 20.3 Å². The number of fused-ring (bicyclic) bond motifs is 2. The fourth-order valence-corrected chi connectivity index (χ4v) is 4.32. The van der Waals surface area contributed by atoms with Crippen molar-refractivity contribution in [3.05, 3.63) is 45.9 Å². The maximum absolute atomic E-state index is 14.4. The molecule has 4 atom stereocenters. The van der Waals surface area contributed by atoms with Crippen molar-refractivity contribution in [3.8, 4) is 11.5 Å². The van der Waals surface area contributed by atoms with Gasteiger partial charge in [0.1, 0.15) is 30.2 Å². The van der Waals surface area contributed by atoms with Crippen LogP contribution in [0.15, 0.2) is 35.1 Å². The summed E-state index contributed by atoms with van der Waals surface area (Å²) in [5, 5.41) is 3.88. The second-order valence-electron chi connectivity index (χ2n) is 7.38. The highest BCUT2D eigenvalue weighted by Crippen LogP contribution is 2.39. The zero-order valence-corrected chi connectivity index (χ0v) is 19.0. The van der Waals surface area contributed by atoms with Gasteiger partial charge in [-0.05, 0) is 34.1 Å². The van der Waals surface area contributed by atoms with Crippen molar-refractivity contribution >= 4 is 49.9 Å². The summed E-state index contributed by atoms with van der Waals surface area (Å²) in [5.74, 6) is 0.671. The molecule has 0 saturated carbocycles. The fourth-order valence-electron chi connectivity index (χ4n) is 3.84. The van der Waals surface area contributed by atoms with Gasteiger partial charge in [-0.15, -0.1) is 0 Å². The van der Waals surface area contributed by atoms with E-state index < -0.39 is 30.3 Å². The monoisotopic (exact) mass is 527 g/mol. The number of halogens is 4. The molecule has 0 bridgehead atoms. The van der Waals surface area contributed by atoms with Crippen LogP contribution in [0.2, 0.25) is 5.02 Å². The first-order valence-corrected chi connectivity index (χ1v) is 10.9. The van der Waals surface area contributed by atoms with Gasteiger partial charge in [0.15, 0.2) is 23.8 Å². The number of benzene rings is 2. The molecule has 2 saturated heterocycles. The van der Waals surface area contributed by atoms with Crippen LogP contribution in [0.25, 0.3) is 10.9 Å². The molecule has 0 spiro atoms. The second-order valence-corrected chi connectivity index (χ2v) is 8.64. The van der Waals surface area contributed by atoms with Crippen LogP contribution in [0.3, 0.4) is 0 Å². The van der Waals surface area contributed by atoms with E-state index in [0.29, 0.717) is 37.7 Å². The number of nitrogens with zero attached hydrogens (tertiary/aromatic N) is 2. The minimum atomic E-state index is -1.17. The topological polar surface area (TPSA) is 74.7 Å². The SMILES string of the molecule is COc1cc2c(Nc3cc(Cl)c(Br)cc3F)ncnc2cc1O[C@@H]1CO[C@@H]2C1OC[C@H]2F. The van der Waals surface area contributed by atoms with Gasteiger partial charge < -0.3 is 24.3 Å². The molecule has 1 aromatic heterocycles. The molecule has 1 unspecified atom stereocenters. The van der Waals surface area contributed by atoms with E-state index in [-0.39, 0.29) is 18.9 Å². The summed E-state index contributed by atoms with van der Waals surface area (Å²) in [6.45, 7) is 0.195. The lowest BCUT2D eigenvalue weighted by Crippen LogP contribution is -2.33. The maximum atomic E-state index is 14.4. The Morgan fingerprint density at radius 2 is 1.94 bits per heavy atom. The predicted molar refractivity (Wildman–Crippen MR) is 117 cm³/mol. The van der Waals surface area contributed by atoms with Crippen molar-refractivity contribution in [3.63, 3.8) is 0 Å². The molecule has 5 rings (SSSR count). The highest BCUT2D eigenvalue weighted by molar-refractivity contribution is 9.10. The van der Waals surface area contributed by atoms with Crippen LogP contribution >= 0.6 is 27.5 Å². The van der Waals surface area contributed by atoms with Gasteiger partial charge in [-0.3, -0.25) is 0 Å². The van der Waals surface area contributed by atoms with E-state index in [4.69, 9.17) is 30.5 Å². The molecule has 2 aliphatic heterocycles. The molecule has 2 aliphatic rings. The molecule has 3 aromatic rings. The van der Waals surface area contributed by atoms with Crippen LogP contribution < -0.4 is 14.8 Å². The lowest BCUT2D eigenvalue weighted by Gasteiger charge is -2.20. The Morgan fingerprint density at radius 3 is 2.75 bits per heavy atom. The van der Waals surface area contributed by atoms with Gasteiger partial charge in [-0.25, -0.2) is 18.7 Å². The third-order valence-electron chi connectivity index (χ3n) is 5.41. The van der Waals surface area contributed by atoms with E-state index in [0.717, 1.165) is 0 Å². The largest absolute Gasteiger partial charge is 0.493 e. The number of nitrogens with one attached hydrogen (secondary N) is 1. The fraction of sp³-hybridized carbons (Fsp3) is 0.333. The number of rotatable bonds is 5. The Balaban J connectivity index is 1.47. The lowest BCUT2D eigenvalue weighted by molar-refractivity contribution is 0.0271. The number of ether oxygens (including phenoxy) is 4. The molecule has 11 heteroatoms. The van der Waals surface area contributed by atoms with Crippen LogP contribution in [0.5, 0.6) is 11.5 Å². The molecule has 2 fully saturated rings. The van der Waals surface area contributed by atoms with Crippen LogP contribution in [0.1, 0.15) is 0 Å². The second kappa shape index (κ2) is 8.58. The van der Waals surface area contributed by atoms with Crippen LogP contribution in [-0.4, -0.2) is 54.8 Å². The summed E-state index contributed by atoms with van der Waals surface area (Å²) >= 11 is 9.29. The average Bonchev–Trinajstić information content (AvgIpc) is 3.35. The highest BCUT2D eigenvalue weighted by atomic mass is 79.9. The zero-order valence-electron chi connectivity index (χ0n) is 16.6. The Bertz CT molecular complexity index is 1190. The van der Waals surface area contributed by atoms with Crippen molar-refractivity contribution in [1.29, 1.82) is 0 Å². The Morgan fingerprint density at radius 1 is 1.12 bits per heavy atom. The standard InChI is InChI=1S/C21H17BrClF2N3O4/c1-29-16-2-9-14(5-17(16)32-18-7-31-19-13(25)6-30-20(18)19)26-8-27-21(9)28-15-4-11(23)10(22)3-12(15)24/h2-5,8,13,18-20H,6-7H2,1H3,(H,26,27,28)/t13-,18-,19+,20?/m1/s1. The number of hydrogen-bond acceptors (Lipinski definition) is 7. The number of methoxy groups -OCH3 is 1. The molecule has 2 aromatic carbocycles. The first-order chi connectivity index (χ1) is 15.4. The molecule has 1 N–H and O–H groups in total. The predicted octanol–water partition coefficient (Wildman–Crippen LogP) is 4.82. The average molecular weight is 529 g/mol. The first kappa shape index (κ1) is 21.6. The van der Waals surface area contributed by atoms with Crippen molar-refractivity contribution in [2.45, 2.75) is 24.5 Å². The zero-order chi connectivity index (χ0) is 22.4. The Labute approximate surface area is 195 Å². The smallest absolute Gasteiger partial charge is 0.164 e. The van der Waals surface area contributed by atoms with E-state index in [2.05, 4.69) is 31.2 Å². The summed E-state index contributed by atoms with van der Waals surface area (Å²) in [4.78, 5) is 8.52. The molecule has 7 nitrogen and oxygen atoms in total. The van der Waals surface area contributed by atoms with Crippen molar-refractivity contribution in [2.24, 2.45) is 0 Å². The van der Waals surface area contributed by atoms with Gasteiger partial charge in [0.05, 0.1) is 36.6 Å². The molecule has 0 aliphatic carbocycles. The van der Waals surface area contributed by atoms with E-state index in [9.17, 15) is 8.78 Å². The van der Waals surface area contributed by atoms with Gasteiger partial charge in [0, 0.05) is 15.9 Å². The van der Waals surface area contributed by atoms with Gasteiger partial charge >= 0.3 is 0 Å². The van der Waals surface area contributed by atoms with E-state index >= 15 is 0 Å². The molecular weight excluding hydrogens is 512 g/mol. The normalized spacial score (nSPS) is 24.5. The lowest BCUT2D eigenvalue weighted by atomic mass is 10.1. The number of alkyl halides is 1. The van der Waals surface area contributed by atoms with Crippen LogP contribution in [-0.2, 0) is 9.47 Å². The van der Waals surface area contributed by atoms with Gasteiger partial charge in [0.25, 0.3) is 0 Å². The van der Waals surface area contributed by atoms with Crippen molar-refractivity contribution < 1.29 is 27.7 Å². The highest BCUT2D eigenvalue weighted by Gasteiger charge is 2.49. The van der Waals surface area contributed by atoms with Crippen molar-refractivity contribution in [1.82, 2.24) is 9.97 Å². The molecular formula is C21H17BrClF2N3O4. The summed E-state index contributed by atoms with van der Waals surface area (Å²) in [5.41, 5.74) is 0.693. The minimum Gasteiger partial charge on any atom is -0.493 e. The summed E-state index contributed by atoms with van der Waals surface area (Å²) in [6.07, 6.45) is -1.41. The van der Waals surface area contributed by atoms with E-state index in [1.807, 2.05) is 0 Å². The number of aromatic nitrogens is 2. The summed E-state index contributed by atoms with van der Waals surface area (Å²) in [6, 6.07) is 6.09. The molecule has 168 valence electrons. The third kappa shape index (κ3) is 3.85. The van der Waals surface area contributed by atoms with Gasteiger partial charge in [-0.1, -0.05) is 11.6 Å². The maximum Gasteiger partial charge on any atom is 0.164 e. The molecule has 0 amide bonds. The summed E-state index contributed by atoms with van der Waals surface area (Å²) in [7, 11) is 1.50. The molecule has 32 heavy (non-hydrogen) atoms. The minimum absolute atomic E-state index is 0.0110. The van der Waals surface area contributed by atoms with Crippen molar-refractivity contribution in [2.75, 3.05) is 25.6 Å². The van der Waals surface area contributed by atoms with Crippen LogP contribution in [0, 0.1) is 5.82 Å². The number of anilines is 2.